The maximum atomic E-state index is 13.7. The Morgan fingerprint density at radius 2 is 1.79 bits per heavy atom. The summed E-state index contributed by atoms with van der Waals surface area (Å²) in [5, 5.41) is -0.0385. The van der Waals surface area contributed by atoms with E-state index in [9.17, 15) is 14.0 Å². The van der Waals surface area contributed by atoms with Crippen LogP contribution >= 0.6 is 11.6 Å². The van der Waals surface area contributed by atoms with E-state index in [1.807, 2.05) is 0 Å². The molecule has 134 valence electrons. The number of esters is 2. The maximum Gasteiger partial charge on any atom is 0.328 e. The van der Waals surface area contributed by atoms with Gasteiger partial charge in [-0.15, -0.1) is 0 Å². The fourth-order valence-electron chi connectivity index (χ4n) is 1.93. The van der Waals surface area contributed by atoms with Crippen molar-refractivity contribution in [2.45, 2.75) is 52.9 Å². The van der Waals surface area contributed by atoms with Crippen LogP contribution in [0.3, 0.4) is 0 Å². The molecule has 0 N–H and O–H groups in total. The molecule has 0 aliphatic rings. The predicted molar refractivity (Wildman–Crippen MR) is 90.5 cm³/mol. The molecular formula is C18H24ClFO4. The number of rotatable bonds is 9. The highest BCUT2D eigenvalue weighted by molar-refractivity contribution is 6.32. The van der Waals surface area contributed by atoms with Crippen molar-refractivity contribution in [2.24, 2.45) is 5.41 Å². The second-order valence-electron chi connectivity index (χ2n) is 6.12. The predicted octanol–water partition coefficient (Wildman–Crippen LogP) is 4.92. The Morgan fingerprint density at radius 1 is 1.12 bits per heavy atom. The topological polar surface area (TPSA) is 52.6 Å². The Morgan fingerprint density at radius 3 is 2.42 bits per heavy atom. The molecular weight excluding hydrogens is 335 g/mol. The second-order valence-corrected chi connectivity index (χ2v) is 6.52. The van der Waals surface area contributed by atoms with E-state index in [-0.39, 0.29) is 17.4 Å². The minimum absolute atomic E-state index is 0.0385. The molecule has 0 atom stereocenters. The molecule has 0 unspecified atom stereocenters. The quantitative estimate of drug-likeness (QED) is 0.272. The van der Waals surface area contributed by atoms with E-state index in [0.717, 1.165) is 38.2 Å². The minimum atomic E-state index is -1.55. The van der Waals surface area contributed by atoms with E-state index in [1.165, 1.54) is 26.0 Å². The summed E-state index contributed by atoms with van der Waals surface area (Å²) in [5.74, 6) is -2.76. The highest BCUT2D eigenvalue weighted by Gasteiger charge is 2.40. The van der Waals surface area contributed by atoms with E-state index >= 15 is 0 Å². The zero-order chi connectivity index (χ0) is 18.2. The fraction of sp³-hybridized carbons (Fsp3) is 0.556. The summed E-state index contributed by atoms with van der Waals surface area (Å²) in [5.41, 5.74) is -1.55. The van der Waals surface area contributed by atoms with Gasteiger partial charge in [-0.3, -0.25) is 9.59 Å². The summed E-state index contributed by atoms with van der Waals surface area (Å²) in [6.07, 6.45) is 5.09. The fourth-order valence-corrected chi connectivity index (χ4v) is 2.14. The summed E-state index contributed by atoms with van der Waals surface area (Å²) in [7, 11) is 0. The van der Waals surface area contributed by atoms with Gasteiger partial charge in [0.1, 0.15) is 0 Å². The average molecular weight is 359 g/mol. The SMILES string of the molecule is CCCCCCCOC(=O)C(C)(C)C(=O)Oc1c(F)cccc1Cl. The molecule has 0 aliphatic heterocycles. The first-order valence-corrected chi connectivity index (χ1v) is 8.52. The zero-order valence-electron chi connectivity index (χ0n) is 14.4. The van der Waals surface area contributed by atoms with Gasteiger partial charge in [0, 0.05) is 0 Å². The standard InChI is InChI=1S/C18H24ClFO4/c1-4-5-6-7-8-12-23-16(21)18(2,3)17(22)24-15-13(19)10-9-11-14(15)20/h9-11H,4-8,12H2,1-3H3. The van der Waals surface area contributed by atoms with Gasteiger partial charge in [-0.1, -0.05) is 50.3 Å². The number of ether oxygens (including phenoxy) is 2. The van der Waals surface area contributed by atoms with Crippen LogP contribution in [-0.4, -0.2) is 18.5 Å². The highest BCUT2D eigenvalue weighted by atomic mass is 35.5. The van der Waals surface area contributed by atoms with E-state index in [1.54, 1.807) is 0 Å². The van der Waals surface area contributed by atoms with E-state index < -0.39 is 23.2 Å². The minimum Gasteiger partial charge on any atom is -0.465 e. The lowest BCUT2D eigenvalue weighted by Crippen LogP contribution is -2.38. The molecule has 0 bridgehead atoms. The summed E-state index contributed by atoms with van der Waals surface area (Å²) >= 11 is 5.81. The third-order valence-corrected chi connectivity index (χ3v) is 3.91. The lowest BCUT2D eigenvalue weighted by atomic mass is 9.94. The largest absolute Gasteiger partial charge is 0.465 e. The molecule has 1 aromatic rings. The summed E-state index contributed by atoms with van der Waals surface area (Å²) in [6.45, 7) is 5.13. The summed E-state index contributed by atoms with van der Waals surface area (Å²) in [4.78, 5) is 24.3. The van der Waals surface area contributed by atoms with Gasteiger partial charge >= 0.3 is 11.9 Å². The molecule has 0 fully saturated rings. The van der Waals surface area contributed by atoms with Gasteiger partial charge < -0.3 is 9.47 Å². The first-order valence-electron chi connectivity index (χ1n) is 8.14. The Bertz CT molecular complexity index is 552. The van der Waals surface area contributed by atoms with Gasteiger partial charge in [0.2, 0.25) is 0 Å². The van der Waals surface area contributed by atoms with Crippen LogP contribution in [0.1, 0.15) is 52.9 Å². The number of carbonyl (C=O) groups excluding carboxylic acids is 2. The number of benzene rings is 1. The van der Waals surface area contributed by atoms with Crippen molar-refractivity contribution in [3.8, 4) is 5.75 Å². The molecule has 24 heavy (non-hydrogen) atoms. The molecule has 0 amide bonds. The Hall–Kier alpha value is -1.62. The van der Waals surface area contributed by atoms with Crippen LogP contribution in [0.15, 0.2) is 18.2 Å². The van der Waals surface area contributed by atoms with Crippen LogP contribution in [0.2, 0.25) is 5.02 Å². The first kappa shape index (κ1) is 20.4. The molecule has 0 radical (unpaired) electrons. The zero-order valence-corrected chi connectivity index (χ0v) is 15.1. The van der Waals surface area contributed by atoms with E-state index in [4.69, 9.17) is 21.1 Å². The molecule has 0 spiro atoms. The van der Waals surface area contributed by atoms with Gasteiger partial charge in [0.05, 0.1) is 11.6 Å². The number of hydrogen-bond donors (Lipinski definition) is 0. The van der Waals surface area contributed by atoms with Crippen molar-refractivity contribution < 1.29 is 23.5 Å². The summed E-state index contributed by atoms with van der Waals surface area (Å²) in [6, 6.07) is 3.91. The average Bonchev–Trinajstić information content (AvgIpc) is 2.53. The van der Waals surface area contributed by atoms with Gasteiger partial charge in [0.25, 0.3) is 0 Å². The Kier molecular flexibility index (Phi) is 8.19. The van der Waals surface area contributed by atoms with E-state index in [0.29, 0.717) is 0 Å². The van der Waals surface area contributed by atoms with Crippen molar-refractivity contribution in [3.63, 3.8) is 0 Å². The number of hydrogen-bond acceptors (Lipinski definition) is 4. The highest BCUT2D eigenvalue weighted by Crippen LogP contribution is 2.30. The Labute approximate surface area is 147 Å². The number of halogens is 2. The molecule has 0 aromatic heterocycles. The van der Waals surface area contributed by atoms with Gasteiger partial charge in [0.15, 0.2) is 17.0 Å². The lowest BCUT2D eigenvalue weighted by Gasteiger charge is -2.21. The smallest absolute Gasteiger partial charge is 0.328 e. The van der Waals surface area contributed by atoms with Crippen LogP contribution in [0.25, 0.3) is 0 Å². The van der Waals surface area contributed by atoms with Gasteiger partial charge in [-0.2, -0.15) is 0 Å². The van der Waals surface area contributed by atoms with Crippen molar-refractivity contribution >= 4 is 23.5 Å². The van der Waals surface area contributed by atoms with Crippen molar-refractivity contribution in [3.05, 3.63) is 29.0 Å². The second kappa shape index (κ2) is 9.62. The summed E-state index contributed by atoms with van der Waals surface area (Å²) < 4.78 is 23.8. The molecule has 4 nitrogen and oxygen atoms in total. The van der Waals surface area contributed by atoms with Gasteiger partial charge in [-0.05, 0) is 32.4 Å². The molecule has 6 heteroatoms. The van der Waals surface area contributed by atoms with Crippen molar-refractivity contribution in [2.75, 3.05) is 6.61 Å². The van der Waals surface area contributed by atoms with E-state index in [2.05, 4.69) is 6.92 Å². The van der Waals surface area contributed by atoms with Crippen LogP contribution in [0.5, 0.6) is 5.75 Å². The maximum absolute atomic E-state index is 13.7. The molecule has 1 rings (SSSR count). The molecule has 0 saturated heterocycles. The van der Waals surface area contributed by atoms with Gasteiger partial charge in [-0.25, -0.2) is 4.39 Å². The molecule has 0 aliphatic carbocycles. The lowest BCUT2D eigenvalue weighted by molar-refractivity contribution is -0.164. The van der Waals surface area contributed by atoms with Crippen LogP contribution in [-0.2, 0) is 14.3 Å². The molecule has 1 aromatic carbocycles. The monoisotopic (exact) mass is 358 g/mol. The molecule has 0 saturated carbocycles. The number of unbranched alkanes of at least 4 members (excludes halogenated alkanes) is 4. The normalized spacial score (nSPS) is 11.2. The number of para-hydroxylation sites is 1. The number of carbonyl (C=O) groups is 2. The first-order chi connectivity index (χ1) is 11.3. The van der Waals surface area contributed by atoms with Crippen molar-refractivity contribution in [1.82, 2.24) is 0 Å². The Balaban J connectivity index is 2.56. The third kappa shape index (κ3) is 5.78. The third-order valence-electron chi connectivity index (χ3n) is 3.62. The molecule has 0 heterocycles. The van der Waals surface area contributed by atoms with Crippen LogP contribution in [0, 0.1) is 11.2 Å². The van der Waals surface area contributed by atoms with Crippen molar-refractivity contribution in [1.29, 1.82) is 0 Å². The van der Waals surface area contributed by atoms with Crippen LogP contribution in [0.4, 0.5) is 4.39 Å². The van der Waals surface area contributed by atoms with Crippen LogP contribution < -0.4 is 4.74 Å².